The molecule has 0 radical (unpaired) electrons. The molecule has 0 aliphatic heterocycles. The molecule has 0 spiro atoms. The van der Waals surface area contributed by atoms with E-state index in [1.165, 1.54) is 13.1 Å². The highest BCUT2D eigenvalue weighted by Crippen LogP contribution is 2.20. The second-order valence-electron chi connectivity index (χ2n) is 4.29. The van der Waals surface area contributed by atoms with Crippen molar-refractivity contribution in [1.82, 2.24) is 10.2 Å². The van der Waals surface area contributed by atoms with E-state index in [1.54, 1.807) is 17.4 Å². The number of rotatable bonds is 4. The maximum atomic E-state index is 12.1. The van der Waals surface area contributed by atoms with Crippen molar-refractivity contribution in [2.45, 2.75) is 6.18 Å². The van der Waals surface area contributed by atoms with Crippen molar-refractivity contribution >= 4 is 33.4 Å². The highest BCUT2D eigenvalue weighted by atomic mass is 79.9. The van der Waals surface area contributed by atoms with Gasteiger partial charge in [-0.2, -0.15) is 13.2 Å². The van der Waals surface area contributed by atoms with Gasteiger partial charge in [0.1, 0.15) is 6.54 Å². The van der Waals surface area contributed by atoms with Gasteiger partial charge in [-0.3, -0.25) is 9.59 Å². The molecule has 0 heterocycles. The number of alkyl halides is 3. The molecule has 116 valence electrons. The number of amides is 2. The van der Waals surface area contributed by atoms with Gasteiger partial charge < -0.3 is 16.0 Å². The van der Waals surface area contributed by atoms with Crippen LogP contribution in [-0.2, 0) is 4.79 Å². The lowest BCUT2D eigenvalue weighted by atomic mass is 10.2. The molecular formula is C12H13BrF3N3O2. The lowest BCUT2D eigenvalue weighted by molar-refractivity contribution is -0.138. The number of likely N-dealkylation sites (N-methyl/N-ethyl adjacent to an activating group) is 1. The van der Waals surface area contributed by atoms with E-state index in [0.717, 1.165) is 4.90 Å². The zero-order valence-corrected chi connectivity index (χ0v) is 12.6. The number of halogens is 4. The lowest BCUT2D eigenvalue weighted by Gasteiger charge is -2.18. The number of carbonyl (C=O) groups excluding carboxylic acids is 2. The number of benzene rings is 1. The van der Waals surface area contributed by atoms with Gasteiger partial charge in [0.15, 0.2) is 0 Å². The maximum Gasteiger partial charge on any atom is 0.405 e. The van der Waals surface area contributed by atoms with Gasteiger partial charge in [-0.15, -0.1) is 0 Å². The summed E-state index contributed by atoms with van der Waals surface area (Å²) < 4.78 is 36.4. The minimum atomic E-state index is -4.49. The van der Waals surface area contributed by atoms with Crippen LogP contribution in [0.2, 0.25) is 0 Å². The average Bonchev–Trinajstić information content (AvgIpc) is 2.37. The fourth-order valence-electron chi connectivity index (χ4n) is 1.45. The number of nitrogens with one attached hydrogen (secondary N) is 1. The highest BCUT2D eigenvalue weighted by Gasteiger charge is 2.28. The van der Waals surface area contributed by atoms with Crippen LogP contribution in [0.25, 0.3) is 0 Å². The maximum absolute atomic E-state index is 12.1. The van der Waals surface area contributed by atoms with Crippen LogP contribution >= 0.6 is 15.9 Å². The van der Waals surface area contributed by atoms with Crippen molar-refractivity contribution in [1.29, 1.82) is 0 Å². The molecule has 21 heavy (non-hydrogen) atoms. The van der Waals surface area contributed by atoms with E-state index in [4.69, 9.17) is 5.73 Å². The van der Waals surface area contributed by atoms with E-state index in [1.807, 2.05) is 0 Å². The molecule has 0 atom stereocenters. The number of nitrogen functional groups attached to an aromatic ring is 1. The Morgan fingerprint density at radius 1 is 1.38 bits per heavy atom. The number of nitrogens with two attached hydrogens (primary N) is 1. The smallest absolute Gasteiger partial charge is 0.399 e. The summed E-state index contributed by atoms with van der Waals surface area (Å²) in [4.78, 5) is 24.4. The van der Waals surface area contributed by atoms with Crippen LogP contribution in [0.1, 0.15) is 10.4 Å². The molecule has 0 aliphatic rings. The molecule has 0 bridgehead atoms. The molecular weight excluding hydrogens is 355 g/mol. The van der Waals surface area contributed by atoms with Gasteiger partial charge in [0.2, 0.25) is 5.91 Å². The van der Waals surface area contributed by atoms with Gasteiger partial charge in [0.25, 0.3) is 5.91 Å². The zero-order valence-electron chi connectivity index (χ0n) is 11.0. The third-order valence-electron chi connectivity index (χ3n) is 2.43. The van der Waals surface area contributed by atoms with E-state index >= 15 is 0 Å². The summed E-state index contributed by atoms with van der Waals surface area (Å²) in [5.74, 6) is -1.43. The van der Waals surface area contributed by atoms with Crippen LogP contribution in [0.15, 0.2) is 22.7 Å². The van der Waals surface area contributed by atoms with Gasteiger partial charge in [-0.1, -0.05) is 0 Å². The third kappa shape index (κ3) is 5.62. The molecule has 0 saturated carbocycles. The number of hydrogen-bond acceptors (Lipinski definition) is 3. The summed E-state index contributed by atoms with van der Waals surface area (Å²) >= 11 is 3.17. The summed E-state index contributed by atoms with van der Waals surface area (Å²) in [5, 5.41) is 1.69. The molecule has 1 aromatic rings. The van der Waals surface area contributed by atoms with Crippen molar-refractivity contribution in [3.63, 3.8) is 0 Å². The van der Waals surface area contributed by atoms with Gasteiger partial charge in [-0.25, -0.2) is 0 Å². The molecule has 1 rings (SSSR count). The van der Waals surface area contributed by atoms with Crippen LogP contribution < -0.4 is 11.1 Å². The van der Waals surface area contributed by atoms with E-state index in [9.17, 15) is 22.8 Å². The molecule has 0 aromatic heterocycles. The standard InChI is InChI=1S/C12H13BrF3N3O2/c1-19(5-10(20)18-6-12(14,15)16)11(21)8-4-7(17)2-3-9(8)13/h2-4H,5-6,17H2,1H3,(H,18,20). The largest absolute Gasteiger partial charge is 0.405 e. The Morgan fingerprint density at radius 3 is 2.57 bits per heavy atom. The summed E-state index contributed by atoms with van der Waals surface area (Å²) in [6.07, 6.45) is -4.49. The molecule has 1 aromatic carbocycles. The van der Waals surface area contributed by atoms with Crippen LogP contribution in [0, 0.1) is 0 Å². The minimum Gasteiger partial charge on any atom is -0.399 e. The predicted octanol–water partition coefficient (Wildman–Crippen LogP) is 1.78. The quantitative estimate of drug-likeness (QED) is 0.796. The first-order valence-corrected chi connectivity index (χ1v) is 6.53. The Labute approximate surface area is 127 Å². The van der Waals surface area contributed by atoms with Crippen LogP contribution in [0.3, 0.4) is 0 Å². The number of carbonyl (C=O) groups is 2. The molecule has 9 heteroatoms. The summed E-state index contributed by atoms with van der Waals surface area (Å²) in [7, 11) is 1.31. The second kappa shape index (κ2) is 6.79. The Bertz CT molecular complexity index is 549. The first-order valence-electron chi connectivity index (χ1n) is 5.74. The van der Waals surface area contributed by atoms with Crippen LogP contribution in [0.5, 0.6) is 0 Å². The topological polar surface area (TPSA) is 75.4 Å². The average molecular weight is 368 g/mol. The van der Waals surface area contributed by atoms with E-state index in [-0.39, 0.29) is 5.56 Å². The highest BCUT2D eigenvalue weighted by molar-refractivity contribution is 9.10. The monoisotopic (exact) mass is 367 g/mol. The summed E-state index contributed by atoms with van der Waals surface area (Å²) in [6.45, 7) is -1.92. The normalized spacial score (nSPS) is 11.1. The van der Waals surface area contributed by atoms with Crippen molar-refractivity contribution in [3.8, 4) is 0 Å². The number of nitrogens with zero attached hydrogens (tertiary/aromatic N) is 1. The van der Waals surface area contributed by atoms with Gasteiger partial charge in [-0.05, 0) is 34.1 Å². The number of anilines is 1. The molecule has 3 N–H and O–H groups in total. The van der Waals surface area contributed by atoms with Crippen molar-refractivity contribution < 1.29 is 22.8 Å². The Kier molecular flexibility index (Phi) is 5.59. The molecule has 0 saturated heterocycles. The molecule has 2 amide bonds. The Morgan fingerprint density at radius 2 is 2.00 bits per heavy atom. The summed E-state index contributed by atoms with van der Waals surface area (Å²) in [5.41, 5.74) is 6.15. The zero-order chi connectivity index (χ0) is 16.2. The van der Waals surface area contributed by atoms with Crippen LogP contribution in [-0.4, -0.2) is 43.0 Å². The fraction of sp³-hybridized carbons (Fsp3) is 0.333. The Hall–Kier alpha value is -1.77. The Balaban J connectivity index is 2.66. The molecule has 0 fully saturated rings. The summed E-state index contributed by atoms with van der Waals surface area (Å²) in [6, 6.07) is 4.56. The van der Waals surface area contributed by atoms with Crippen LogP contribution in [0.4, 0.5) is 18.9 Å². The van der Waals surface area contributed by atoms with Crippen molar-refractivity contribution in [2.24, 2.45) is 0 Å². The lowest BCUT2D eigenvalue weighted by Crippen LogP contribution is -2.41. The molecule has 0 unspecified atom stereocenters. The van der Waals surface area contributed by atoms with E-state index in [2.05, 4.69) is 15.9 Å². The molecule has 0 aliphatic carbocycles. The fourth-order valence-corrected chi connectivity index (χ4v) is 1.87. The SMILES string of the molecule is CN(CC(=O)NCC(F)(F)F)C(=O)c1cc(N)ccc1Br. The van der Waals surface area contributed by atoms with Crippen molar-refractivity contribution in [3.05, 3.63) is 28.2 Å². The molecule has 5 nitrogen and oxygen atoms in total. The van der Waals surface area contributed by atoms with Crippen molar-refractivity contribution in [2.75, 3.05) is 25.9 Å². The van der Waals surface area contributed by atoms with Gasteiger partial charge >= 0.3 is 6.18 Å². The van der Waals surface area contributed by atoms with Gasteiger partial charge in [0.05, 0.1) is 12.1 Å². The predicted molar refractivity (Wildman–Crippen MR) is 74.6 cm³/mol. The number of hydrogen-bond donors (Lipinski definition) is 2. The third-order valence-corrected chi connectivity index (χ3v) is 3.13. The van der Waals surface area contributed by atoms with Gasteiger partial charge in [0, 0.05) is 17.2 Å². The van der Waals surface area contributed by atoms with E-state index in [0.29, 0.717) is 10.2 Å². The first kappa shape index (κ1) is 17.3. The minimum absolute atomic E-state index is 0.223. The second-order valence-corrected chi connectivity index (χ2v) is 5.15. The first-order chi connectivity index (χ1) is 9.60. The van der Waals surface area contributed by atoms with E-state index < -0.39 is 31.1 Å².